The summed E-state index contributed by atoms with van der Waals surface area (Å²) in [5.74, 6) is -1.03. The Balaban J connectivity index is 1.95. The predicted molar refractivity (Wildman–Crippen MR) is 74.7 cm³/mol. The first-order valence-corrected chi connectivity index (χ1v) is 7.20. The third-order valence-electron chi connectivity index (χ3n) is 3.99. The summed E-state index contributed by atoms with van der Waals surface area (Å²) >= 11 is 0. The van der Waals surface area contributed by atoms with E-state index in [0.717, 1.165) is 31.2 Å². The number of ketones is 1. The van der Waals surface area contributed by atoms with E-state index in [9.17, 15) is 13.6 Å². The molecule has 1 saturated heterocycles. The Bertz CT molecular complexity index is 467. The van der Waals surface area contributed by atoms with E-state index >= 15 is 0 Å². The van der Waals surface area contributed by atoms with Crippen LogP contribution in [0.5, 0.6) is 0 Å². The lowest BCUT2D eigenvalue weighted by Crippen LogP contribution is -2.35. The fraction of sp³-hybridized carbons (Fsp3) is 0.562. The number of carbonyl (C=O) groups excluding carboxylic acids is 1. The third-order valence-corrected chi connectivity index (χ3v) is 3.99. The molecule has 2 rings (SSSR count). The van der Waals surface area contributed by atoms with Gasteiger partial charge in [0, 0.05) is 30.6 Å². The number of rotatable bonds is 5. The fourth-order valence-electron chi connectivity index (χ4n) is 2.99. The third kappa shape index (κ3) is 3.63. The van der Waals surface area contributed by atoms with Crippen LogP contribution < -0.4 is 0 Å². The maximum absolute atomic E-state index is 13.1. The minimum Gasteiger partial charge on any atom is -0.300 e. The molecule has 2 nitrogen and oxygen atoms in total. The van der Waals surface area contributed by atoms with Crippen molar-refractivity contribution in [3.05, 3.63) is 35.4 Å². The fourth-order valence-corrected chi connectivity index (χ4v) is 2.99. The van der Waals surface area contributed by atoms with E-state index in [2.05, 4.69) is 18.7 Å². The molecule has 0 amide bonds. The van der Waals surface area contributed by atoms with E-state index in [1.165, 1.54) is 6.42 Å². The van der Waals surface area contributed by atoms with Crippen LogP contribution in [0.25, 0.3) is 0 Å². The first-order chi connectivity index (χ1) is 9.47. The molecule has 110 valence electrons. The second-order valence-corrected chi connectivity index (χ2v) is 5.82. The van der Waals surface area contributed by atoms with Gasteiger partial charge < -0.3 is 0 Å². The van der Waals surface area contributed by atoms with Gasteiger partial charge in [0.1, 0.15) is 11.6 Å². The van der Waals surface area contributed by atoms with Crippen LogP contribution >= 0.6 is 0 Å². The maximum Gasteiger partial charge on any atom is 0.164 e. The molecule has 0 bridgehead atoms. The van der Waals surface area contributed by atoms with Gasteiger partial charge in [-0.2, -0.15) is 0 Å². The van der Waals surface area contributed by atoms with E-state index < -0.39 is 11.6 Å². The normalized spacial score (nSPS) is 19.8. The molecule has 0 aliphatic carbocycles. The SMILES string of the molecule is CC(C)C1CCCN1CCC(=O)c1cc(F)cc(F)c1. The Morgan fingerprint density at radius 2 is 1.95 bits per heavy atom. The zero-order chi connectivity index (χ0) is 14.7. The van der Waals surface area contributed by atoms with Crippen molar-refractivity contribution in [1.29, 1.82) is 0 Å². The van der Waals surface area contributed by atoms with Crippen LogP contribution in [-0.4, -0.2) is 29.8 Å². The Morgan fingerprint density at radius 3 is 2.55 bits per heavy atom. The molecule has 1 aliphatic rings. The highest BCUT2D eigenvalue weighted by molar-refractivity contribution is 5.96. The number of hydrogen-bond acceptors (Lipinski definition) is 2. The largest absolute Gasteiger partial charge is 0.300 e. The summed E-state index contributed by atoms with van der Waals surface area (Å²) in [6.45, 7) is 6.05. The first kappa shape index (κ1) is 15.1. The van der Waals surface area contributed by atoms with Gasteiger partial charge in [-0.1, -0.05) is 13.8 Å². The van der Waals surface area contributed by atoms with E-state index in [1.807, 2.05) is 0 Å². The number of nitrogens with zero attached hydrogens (tertiary/aromatic N) is 1. The minimum absolute atomic E-state index is 0.128. The summed E-state index contributed by atoms with van der Waals surface area (Å²) in [5.41, 5.74) is 0.128. The average Bonchev–Trinajstić information content (AvgIpc) is 2.83. The summed E-state index contributed by atoms with van der Waals surface area (Å²) in [6.07, 6.45) is 2.64. The molecule has 0 radical (unpaired) electrons. The Kier molecular flexibility index (Phi) is 4.86. The summed E-state index contributed by atoms with van der Waals surface area (Å²) in [7, 11) is 0. The number of benzene rings is 1. The van der Waals surface area contributed by atoms with Gasteiger partial charge in [0.05, 0.1) is 0 Å². The van der Waals surface area contributed by atoms with Gasteiger partial charge in [0.25, 0.3) is 0 Å². The van der Waals surface area contributed by atoms with E-state index in [1.54, 1.807) is 0 Å². The van der Waals surface area contributed by atoms with Crippen LogP contribution in [0.3, 0.4) is 0 Å². The molecular weight excluding hydrogens is 260 g/mol. The zero-order valence-corrected chi connectivity index (χ0v) is 12.0. The van der Waals surface area contributed by atoms with Crippen molar-refractivity contribution in [2.75, 3.05) is 13.1 Å². The van der Waals surface area contributed by atoms with Crippen LogP contribution in [0.15, 0.2) is 18.2 Å². The number of halogens is 2. The van der Waals surface area contributed by atoms with Crippen LogP contribution in [0.4, 0.5) is 8.78 Å². The Labute approximate surface area is 118 Å². The summed E-state index contributed by atoms with van der Waals surface area (Å²) in [5, 5.41) is 0. The highest BCUT2D eigenvalue weighted by Crippen LogP contribution is 2.24. The van der Waals surface area contributed by atoms with Crippen molar-refractivity contribution in [2.45, 2.75) is 39.2 Å². The topological polar surface area (TPSA) is 20.3 Å². The summed E-state index contributed by atoms with van der Waals surface area (Å²) < 4.78 is 26.2. The van der Waals surface area contributed by atoms with Crippen LogP contribution in [0.1, 0.15) is 43.5 Å². The second kappa shape index (κ2) is 6.44. The Morgan fingerprint density at radius 1 is 1.30 bits per heavy atom. The van der Waals surface area contributed by atoms with Crippen LogP contribution in [-0.2, 0) is 0 Å². The summed E-state index contributed by atoms with van der Waals surface area (Å²) in [4.78, 5) is 14.3. The average molecular weight is 281 g/mol. The molecule has 0 N–H and O–H groups in total. The lowest BCUT2D eigenvalue weighted by atomic mass is 10.0. The quantitative estimate of drug-likeness (QED) is 0.768. The van der Waals surface area contributed by atoms with Crippen molar-refractivity contribution in [2.24, 2.45) is 5.92 Å². The van der Waals surface area contributed by atoms with Gasteiger partial charge in [-0.05, 0) is 37.4 Å². The number of carbonyl (C=O) groups is 1. The smallest absolute Gasteiger partial charge is 0.164 e. The van der Waals surface area contributed by atoms with E-state index in [-0.39, 0.29) is 11.3 Å². The number of hydrogen-bond donors (Lipinski definition) is 0. The molecule has 0 aromatic heterocycles. The van der Waals surface area contributed by atoms with Crippen molar-refractivity contribution in [1.82, 2.24) is 4.90 Å². The highest BCUT2D eigenvalue weighted by atomic mass is 19.1. The van der Waals surface area contributed by atoms with Crippen molar-refractivity contribution >= 4 is 5.78 Å². The zero-order valence-electron chi connectivity index (χ0n) is 12.0. The van der Waals surface area contributed by atoms with Crippen molar-refractivity contribution < 1.29 is 13.6 Å². The molecule has 1 atom stereocenters. The summed E-state index contributed by atoms with van der Waals surface area (Å²) in [6, 6.07) is 3.52. The highest BCUT2D eigenvalue weighted by Gasteiger charge is 2.27. The standard InChI is InChI=1S/C16H21F2NO/c1-11(2)15-4-3-6-19(15)7-5-16(20)12-8-13(17)10-14(18)9-12/h8-11,15H,3-7H2,1-2H3. The van der Waals surface area contributed by atoms with Gasteiger partial charge in [-0.15, -0.1) is 0 Å². The molecular formula is C16H21F2NO. The van der Waals surface area contributed by atoms with Crippen molar-refractivity contribution in [3.8, 4) is 0 Å². The minimum atomic E-state index is -0.699. The Hall–Kier alpha value is -1.29. The molecule has 1 aromatic rings. The van der Waals surface area contributed by atoms with Crippen molar-refractivity contribution in [3.63, 3.8) is 0 Å². The first-order valence-electron chi connectivity index (χ1n) is 7.20. The molecule has 0 saturated carbocycles. The lowest BCUT2D eigenvalue weighted by Gasteiger charge is -2.27. The van der Waals surface area contributed by atoms with Crippen LogP contribution in [0, 0.1) is 17.6 Å². The van der Waals surface area contributed by atoms with Gasteiger partial charge in [-0.25, -0.2) is 8.78 Å². The predicted octanol–water partition coefficient (Wildman–Crippen LogP) is 3.66. The van der Waals surface area contributed by atoms with Gasteiger partial charge in [0.15, 0.2) is 5.78 Å². The molecule has 1 aliphatic heterocycles. The number of Topliss-reactive ketones (excluding diaryl/α,β-unsaturated/α-hetero) is 1. The molecule has 1 unspecified atom stereocenters. The molecule has 1 aromatic carbocycles. The lowest BCUT2D eigenvalue weighted by molar-refractivity contribution is 0.0953. The van der Waals surface area contributed by atoms with Gasteiger partial charge in [0.2, 0.25) is 0 Å². The second-order valence-electron chi connectivity index (χ2n) is 5.82. The van der Waals surface area contributed by atoms with E-state index in [4.69, 9.17) is 0 Å². The molecule has 20 heavy (non-hydrogen) atoms. The van der Waals surface area contributed by atoms with E-state index in [0.29, 0.717) is 24.9 Å². The van der Waals surface area contributed by atoms with Crippen LogP contribution in [0.2, 0.25) is 0 Å². The molecule has 4 heteroatoms. The monoisotopic (exact) mass is 281 g/mol. The molecule has 1 fully saturated rings. The van der Waals surface area contributed by atoms with Gasteiger partial charge >= 0.3 is 0 Å². The number of likely N-dealkylation sites (tertiary alicyclic amines) is 1. The van der Waals surface area contributed by atoms with Gasteiger partial charge in [-0.3, -0.25) is 9.69 Å². The molecule has 0 spiro atoms. The molecule has 1 heterocycles. The maximum atomic E-state index is 13.1.